The van der Waals surface area contributed by atoms with Crippen LogP contribution in [-0.2, 0) is 27.6 Å². The number of rotatable bonds is 5. The van der Waals surface area contributed by atoms with Crippen LogP contribution in [0.5, 0.6) is 0 Å². The first-order valence-electron chi connectivity index (χ1n) is 7.31. The average Bonchev–Trinajstić information content (AvgIpc) is 2.93. The molecule has 0 bridgehead atoms. The van der Waals surface area contributed by atoms with Gasteiger partial charge in [0.1, 0.15) is 5.82 Å². The second-order valence-corrected chi connectivity index (χ2v) is 7.55. The molecular formula is C17H18FNO3S. The van der Waals surface area contributed by atoms with Crippen LogP contribution in [0.1, 0.15) is 11.1 Å². The molecule has 1 aliphatic carbocycles. The van der Waals surface area contributed by atoms with Gasteiger partial charge in [-0.1, -0.05) is 24.3 Å². The zero-order valence-electron chi connectivity index (χ0n) is 12.8. The highest BCUT2D eigenvalue weighted by Gasteiger charge is 2.38. The van der Waals surface area contributed by atoms with E-state index in [1.807, 2.05) is 24.3 Å². The molecule has 1 N–H and O–H groups in total. The first kappa shape index (κ1) is 16.1. The van der Waals surface area contributed by atoms with Crippen molar-refractivity contribution in [3.8, 4) is 0 Å². The van der Waals surface area contributed by atoms with Gasteiger partial charge in [-0.3, -0.25) is 0 Å². The van der Waals surface area contributed by atoms with Gasteiger partial charge in [0.15, 0.2) is 0 Å². The van der Waals surface area contributed by atoms with Gasteiger partial charge >= 0.3 is 0 Å². The second-order valence-electron chi connectivity index (χ2n) is 5.79. The molecule has 6 heteroatoms. The molecule has 0 fully saturated rings. The standard InChI is InChI=1S/C17H18FNO3S/c1-22-17(10-13-4-2-3-5-14(13)11-17)12-19-23(20,21)16-8-6-15(18)7-9-16/h2-9,19H,10-12H2,1H3. The number of halogens is 1. The summed E-state index contributed by atoms with van der Waals surface area (Å²) in [5.41, 5.74) is 1.77. The van der Waals surface area contributed by atoms with Crippen LogP contribution in [0.25, 0.3) is 0 Å². The predicted octanol–water partition coefficient (Wildman–Crippen LogP) is 2.29. The van der Waals surface area contributed by atoms with E-state index in [-0.39, 0.29) is 11.4 Å². The van der Waals surface area contributed by atoms with Crippen LogP contribution < -0.4 is 4.72 Å². The second kappa shape index (κ2) is 6.03. The fraction of sp³-hybridized carbons (Fsp3) is 0.294. The van der Waals surface area contributed by atoms with E-state index in [2.05, 4.69) is 4.72 Å². The monoisotopic (exact) mass is 335 g/mol. The molecule has 0 unspecified atom stereocenters. The lowest BCUT2D eigenvalue weighted by atomic mass is 10.0. The van der Waals surface area contributed by atoms with Crippen molar-refractivity contribution >= 4 is 10.0 Å². The zero-order valence-corrected chi connectivity index (χ0v) is 13.6. The minimum absolute atomic E-state index is 0.0423. The normalized spacial score (nSPS) is 16.3. The molecule has 0 atom stereocenters. The molecule has 122 valence electrons. The van der Waals surface area contributed by atoms with Gasteiger partial charge in [0.05, 0.1) is 10.5 Å². The Hall–Kier alpha value is -1.76. The molecule has 0 saturated heterocycles. The van der Waals surface area contributed by atoms with Crippen LogP contribution in [0.15, 0.2) is 53.4 Å². The number of fused-ring (bicyclic) bond motifs is 1. The van der Waals surface area contributed by atoms with Crippen molar-refractivity contribution in [1.29, 1.82) is 0 Å². The molecule has 0 aliphatic heterocycles. The minimum Gasteiger partial charge on any atom is -0.376 e. The summed E-state index contributed by atoms with van der Waals surface area (Å²) >= 11 is 0. The van der Waals surface area contributed by atoms with Gasteiger partial charge in [0.2, 0.25) is 10.0 Å². The molecule has 0 saturated carbocycles. The van der Waals surface area contributed by atoms with Gasteiger partial charge in [-0.15, -0.1) is 0 Å². The van der Waals surface area contributed by atoms with E-state index in [1.165, 1.54) is 23.3 Å². The van der Waals surface area contributed by atoms with E-state index in [9.17, 15) is 12.8 Å². The molecule has 0 heterocycles. The number of hydrogen-bond donors (Lipinski definition) is 1. The summed E-state index contributed by atoms with van der Waals surface area (Å²) in [4.78, 5) is 0.0423. The van der Waals surface area contributed by atoms with E-state index in [4.69, 9.17) is 4.74 Å². The maximum absolute atomic E-state index is 12.9. The first-order chi connectivity index (χ1) is 10.9. The fourth-order valence-corrected chi connectivity index (χ4v) is 4.04. The fourth-order valence-electron chi connectivity index (χ4n) is 2.92. The molecule has 4 nitrogen and oxygen atoms in total. The minimum atomic E-state index is -3.70. The third kappa shape index (κ3) is 3.29. The Balaban J connectivity index is 1.75. The van der Waals surface area contributed by atoms with E-state index in [0.717, 1.165) is 12.1 Å². The van der Waals surface area contributed by atoms with Crippen molar-refractivity contribution in [2.45, 2.75) is 23.3 Å². The molecule has 0 radical (unpaired) electrons. The Morgan fingerprint density at radius 1 is 1.09 bits per heavy atom. The third-order valence-corrected chi connectivity index (χ3v) is 5.70. The summed E-state index contributed by atoms with van der Waals surface area (Å²) in [7, 11) is -2.10. The van der Waals surface area contributed by atoms with E-state index >= 15 is 0 Å². The third-order valence-electron chi connectivity index (χ3n) is 4.28. The molecule has 3 rings (SSSR count). The van der Waals surface area contributed by atoms with Gasteiger partial charge in [-0.25, -0.2) is 17.5 Å². The number of benzene rings is 2. The van der Waals surface area contributed by atoms with Crippen molar-refractivity contribution < 1.29 is 17.5 Å². The Morgan fingerprint density at radius 2 is 1.65 bits per heavy atom. The van der Waals surface area contributed by atoms with Gasteiger partial charge in [-0.05, 0) is 35.4 Å². The highest BCUT2D eigenvalue weighted by molar-refractivity contribution is 7.89. The largest absolute Gasteiger partial charge is 0.376 e. The van der Waals surface area contributed by atoms with E-state index < -0.39 is 21.4 Å². The Bertz CT molecular complexity index is 778. The molecule has 0 spiro atoms. The maximum atomic E-state index is 12.9. The lowest BCUT2D eigenvalue weighted by Gasteiger charge is -2.27. The highest BCUT2D eigenvalue weighted by Crippen LogP contribution is 2.32. The van der Waals surface area contributed by atoms with Crippen LogP contribution in [0.4, 0.5) is 4.39 Å². The predicted molar refractivity (Wildman–Crippen MR) is 85.2 cm³/mol. The van der Waals surface area contributed by atoms with Crippen LogP contribution in [-0.4, -0.2) is 27.7 Å². The summed E-state index contributed by atoms with van der Waals surface area (Å²) in [5.74, 6) is -0.469. The van der Waals surface area contributed by atoms with Crippen molar-refractivity contribution in [3.05, 3.63) is 65.5 Å². The maximum Gasteiger partial charge on any atom is 0.240 e. The summed E-state index contributed by atoms with van der Waals surface area (Å²) in [6.07, 6.45) is 1.32. The van der Waals surface area contributed by atoms with Crippen molar-refractivity contribution in [1.82, 2.24) is 4.72 Å². The molecule has 23 heavy (non-hydrogen) atoms. The van der Waals surface area contributed by atoms with Gasteiger partial charge in [0.25, 0.3) is 0 Å². The summed E-state index contributed by atoms with van der Waals surface area (Å²) in [5, 5.41) is 0. The van der Waals surface area contributed by atoms with Gasteiger partial charge in [0, 0.05) is 26.5 Å². The van der Waals surface area contributed by atoms with Crippen molar-refractivity contribution in [2.75, 3.05) is 13.7 Å². The molecule has 0 aromatic heterocycles. The average molecular weight is 335 g/mol. The summed E-state index contributed by atoms with van der Waals surface area (Å²) < 4.78 is 45.9. The summed E-state index contributed by atoms with van der Waals surface area (Å²) in [6.45, 7) is 0.165. The van der Waals surface area contributed by atoms with Gasteiger partial charge < -0.3 is 4.74 Å². The molecular weight excluding hydrogens is 317 g/mol. The zero-order chi connectivity index (χ0) is 16.5. The Labute approximate surface area is 135 Å². The van der Waals surface area contributed by atoms with Crippen LogP contribution >= 0.6 is 0 Å². The number of hydrogen-bond acceptors (Lipinski definition) is 3. The Morgan fingerprint density at radius 3 is 2.17 bits per heavy atom. The first-order valence-corrected chi connectivity index (χ1v) is 8.80. The summed E-state index contributed by atoms with van der Waals surface area (Å²) in [6, 6.07) is 12.8. The number of sulfonamides is 1. The van der Waals surface area contributed by atoms with Crippen molar-refractivity contribution in [2.24, 2.45) is 0 Å². The lowest BCUT2D eigenvalue weighted by Crippen LogP contribution is -2.45. The number of nitrogens with one attached hydrogen (secondary N) is 1. The van der Waals surface area contributed by atoms with E-state index in [1.54, 1.807) is 7.11 Å². The molecule has 2 aromatic rings. The number of methoxy groups -OCH3 is 1. The molecule has 2 aromatic carbocycles. The highest BCUT2D eigenvalue weighted by atomic mass is 32.2. The van der Waals surface area contributed by atoms with Crippen molar-refractivity contribution in [3.63, 3.8) is 0 Å². The van der Waals surface area contributed by atoms with Crippen LogP contribution in [0.2, 0.25) is 0 Å². The van der Waals surface area contributed by atoms with E-state index in [0.29, 0.717) is 12.8 Å². The molecule has 0 amide bonds. The quantitative estimate of drug-likeness (QED) is 0.912. The van der Waals surface area contributed by atoms with Crippen LogP contribution in [0.3, 0.4) is 0 Å². The number of ether oxygens (including phenoxy) is 1. The topological polar surface area (TPSA) is 55.4 Å². The molecule has 1 aliphatic rings. The lowest BCUT2D eigenvalue weighted by molar-refractivity contribution is 0.00378. The van der Waals surface area contributed by atoms with Gasteiger partial charge in [-0.2, -0.15) is 0 Å². The Kier molecular flexibility index (Phi) is 4.23. The SMILES string of the molecule is COC1(CNS(=O)(=O)c2ccc(F)cc2)Cc2ccccc2C1. The van der Waals surface area contributed by atoms with Crippen LogP contribution in [0, 0.1) is 5.82 Å². The smallest absolute Gasteiger partial charge is 0.240 e.